The van der Waals surface area contributed by atoms with Crippen molar-refractivity contribution in [1.29, 1.82) is 0 Å². The zero-order valence-corrected chi connectivity index (χ0v) is 12.9. The Kier molecular flexibility index (Phi) is 4.29. The first-order valence-corrected chi connectivity index (χ1v) is 7.53. The van der Waals surface area contributed by atoms with E-state index in [1.807, 2.05) is 4.90 Å². The van der Waals surface area contributed by atoms with Gasteiger partial charge in [-0.05, 0) is 24.1 Å². The zero-order chi connectivity index (χ0) is 16.4. The smallest absolute Gasteiger partial charge is 0.267 e. The van der Waals surface area contributed by atoms with Crippen LogP contribution in [0, 0.1) is 5.82 Å². The number of nitrogens with one attached hydrogen (secondary N) is 2. The number of halogens is 1. The van der Waals surface area contributed by atoms with Crippen molar-refractivity contribution in [3.63, 3.8) is 0 Å². The number of carbonyl (C=O) groups is 1. The van der Waals surface area contributed by atoms with Crippen LogP contribution in [0.2, 0.25) is 0 Å². The van der Waals surface area contributed by atoms with E-state index in [1.54, 1.807) is 23.9 Å². The van der Waals surface area contributed by atoms with E-state index in [9.17, 15) is 14.0 Å². The molecule has 0 saturated heterocycles. The van der Waals surface area contributed by atoms with Gasteiger partial charge in [-0.1, -0.05) is 12.1 Å². The summed E-state index contributed by atoms with van der Waals surface area (Å²) in [4.78, 5) is 25.8. The molecule has 1 aliphatic heterocycles. The van der Waals surface area contributed by atoms with Crippen LogP contribution in [0.15, 0.2) is 29.1 Å². The third-order valence-corrected chi connectivity index (χ3v) is 4.12. The van der Waals surface area contributed by atoms with E-state index < -0.39 is 0 Å². The summed E-state index contributed by atoms with van der Waals surface area (Å²) < 4.78 is 14.6. The third-order valence-electron chi connectivity index (χ3n) is 4.12. The number of aromatic nitrogens is 2. The van der Waals surface area contributed by atoms with Crippen molar-refractivity contribution in [2.75, 3.05) is 13.1 Å². The first-order valence-electron chi connectivity index (χ1n) is 7.53. The number of hydrogen-bond acceptors (Lipinski definition) is 3. The maximum atomic E-state index is 12.8. The Morgan fingerprint density at radius 1 is 1.35 bits per heavy atom. The Hall–Kier alpha value is -2.41. The molecule has 0 bridgehead atoms. The summed E-state index contributed by atoms with van der Waals surface area (Å²) in [5.74, 6) is -0.375. The number of H-pyrrole nitrogens is 1. The van der Waals surface area contributed by atoms with Gasteiger partial charge in [0.2, 0.25) is 5.91 Å². The Morgan fingerprint density at radius 3 is 2.83 bits per heavy atom. The number of fused-ring (bicyclic) bond motifs is 1. The van der Waals surface area contributed by atoms with E-state index in [-0.39, 0.29) is 23.8 Å². The normalized spacial score (nSPS) is 14.5. The lowest BCUT2D eigenvalue weighted by Crippen LogP contribution is -2.40. The summed E-state index contributed by atoms with van der Waals surface area (Å²) in [6.45, 7) is 1.92. The summed E-state index contributed by atoms with van der Waals surface area (Å²) in [6.07, 6.45) is 0.650. The van der Waals surface area contributed by atoms with E-state index in [0.717, 1.165) is 16.8 Å². The highest BCUT2D eigenvalue weighted by molar-refractivity contribution is 5.78. The van der Waals surface area contributed by atoms with Gasteiger partial charge < -0.3 is 5.32 Å². The van der Waals surface area contributed by atoms with Crippen LogP contribution in [-0.2, 0) is 31.4 Å². The molecule has 2 aromatic rings. The largest absolute Gasteiger partial charge is 0.351 e. The molecule has 2 heterocycles. The van der Waals surface area contributed by atoms with Crippen LogP contribution < -0.4 is 10.9 Å². The van der Waals surface area contributed by atoms with Crippen LogP contribution in [0.25, 0.3) is 0 Å². The van der Waals surface area contributed by atoms with Crippen LogP contribution in [0.1, 0.15) is 16.8 Å². The predicted octanol–water partition coefficient (Wildman–Crippen LogP) is 0.527. The maximum absolute atomic E-state index is 12.8. The van der Waals surface area contributed by atoms with Crippen molar-refractivity contribution in [2.45, 2.75) is 19.5 Å². The van der Waals surface area contributed by atoms with E-state index >= 15 is 0 Å². The van der Waals surface area contributed by atoms with E-state index in [0.29, 0.717) is 26.1 Å². The van der Waals surface area contributed by atoms with E-state index in [4.69, 9.17) is 0 Å². The number of carbonyl (C=O) groups excluding carboxylic acids is 1. The number of benzene rings is 1. The topological polar surface area (TPSA) is 70.1 Å². The molecule has 0 radical (unpaired) electrons. The number of rotatable bonds is 4. The van der Waals surface area contributed by atoms with Gasteiger partial charge in [-0.25, -0.2) is 4.39 Å². The zero-order valence-electron chi connectivity index (χ0n) is 12.9. The molecule has 2 N–H and O–H groups in total. The summed E-state index contributed by atoms with van der Waals surface area (Å²) in [5.41, 5.74) is 2.57. The van der Waals surface area contributed by atoms with Gasteiger partial charge in [0.05, 0.1) is 12.2 Å². The molecule has 1 aromatic carbocycles. The molecule has 3 rings (SSSR count). The minimum absolute atomic E-state index is 0.0390. The van der Waals surface area contributed by atoms with Gasteiger partial charge in [-0.15, -0.1) is 0 Å². The lowest BCUT2D eigenvalue weighted by molar-refractivity contribution is -0.122. The highest BCUT2D eigenvalue weighted by atomic mass is 19.1. The number of nitrogens with zero attached hydrogens (tertiary/aromatic N) is 2. The molecule has 0 saturated carbocycles. The van der Waals surface area contributed by atoms with Gasteiger partial charge in [0, 0.05) is 32.2 Å². The Balaban J connectivity index is 1.53. The van der Waals surface area contributed by atoms with Crippen molar-refractivity contribution in [3.05, 3.63) is 57.3 Å². The Bertz CT molecular complexity index is 763. The van der Waals surface area contributed by atoms with Gasteiger partial charge >= 0.3 is 0 Å². The molecule has 1 amide bonds. The van der Waals surface area contributed by atoms with Gasteiger partial charge in [0.15, 0.2) is 0 Å². The number of amides is 1. The summed E-state index contributed by atoms with van der Waals surface area (Å²) >= 11 is 0. The molecule has 23 heavy (non-hydrogen) atoms. The molecule has 0 aliphatic carbocycles. The maximum Gasteiger partial charge on any atom is 0.267 e. The summed E-state index contributed by atoms with van der Waals surface area (Å²) in [7, 11) is 1.80. The number of aryl methyl sites for hydroxylation is 1. The summed E-state index contributed by atoms with van der Waals surface area (Å²) in [5, 5.41) is 5.58. The minimum atomic E-state index is -0.290. The van der Waals surface area contributed by atoms with Gasteiger partial charge in [0.25, 0.3) is 5.56 Å². The van der Waals surface area contributed by atoms with Crippen molar-refractivity contribution in [1.82, 2.24) is 20.0 Å². The Labute approximate surface area is 132 Å². The second-order valence-electron chi connectivity index (χ2n) is 5.79. The quantitative estimate of drug-likeness (QED) is 0.864. The average Bonchev–Trinajstić information content (AvgIpc) is 2.81. The summed E-state index contributed by atoms with van der Waals surface area (Å²) in [6, 6.07) is 6.05. The Morgan fingerprint density at radius 2 is 2.09 bits per heavy atom. The minimum Gasteiger partial charge on any atom is -0.351 e. The predicted molar refractivity (Wildman–Crippen MR) is 83.3 cm³/mol. The van der Waals surface area contributed by atoms with Crippen molar-refractivity contribution >= 4 is 5.91 Å². The molecule has 6 nitrogen and oxygen atoms in total. The molecular formula is C16H19FN4O2. The molecule has 0 fully saturated rings. The van der Waals surface area contributed by atoms with E-state index in [2.05, 4.69) is 10.4 Å². The van der Waals surface area contributed by atoms with Crippen molar-refractivity contribution in [2.24, 2.45) is 7.05 Å². The first kappa shape index (κ1) is 15.5. The number of aromatic amines is 1. The van der Waals surface area contributed by atoms with Crippen LogP contribution in [-0.4, -0.2) is 33.7 Å². The SMILES string of the molecule is Cn1[nH]c(=O)c2c1CN(CC(=O)NCc1ccc(F)cc1)CC2. The third kappa shape index (κ3) is 3.50. The fourth-order valence-corrected chi connectivity index (χ4v) is 2.84. The van der Waals surface area contributed by atoms with Crippen molar-refractivity contribution < 1.29 is 9.18 Å². The average molecular weight is 318 g/mol. The van der Waals surface area contributed by atoms with Crippen LogP contribution in [0.5, 0.6) is 0 Å². The van der Waals surface area contributed by atoms with Gasteiger partial charge in [0.1, 0.15) is 5.82 Å². The lowest BCUT2D eigenvalue weighted by Gasteiger charge is -2.26. The first-order chi connectivity index (χ1) is 11.0. The van der Waals surface area contributed by atoms with Crippen LogP contribution in [0.4, 0.5) is 4.39 Å². The molecular weight excluding hydrogens is 299 g/mol. The lowest BCUT2D eigenvalue weighted by atomic mass is 10.1. The van der Waals surface area contributed by atoms with Crippen molar-refractivity contribution in [3.8, 4) is 0 Å². The highest BCUT2D eigenvalue weighted by Gasteiger charge is 2.23. The fraction of sp³-hybridized carbons (Fsp3) is 0.375. The molecule has 0 unspecified atom stereocenters. The van der Waals surface area contributed by atoms with Crippen LogP contribution in [0.3, 0.4) is 0 Å². The van der Waals surface area contributed by atoms with Gasteiger partial charge in [-0.3, -0.25) is 24.3 Å². The molecule has 0 spiro atoms. The molecule has 122 valence electrons. The monoisotopic (exact) mass is 318 g/mol. The molecule has 1 aromatic heterocycles. The standard InChI is InChI=1S/C16H19FN4O2/c1-20-14-9-21(7-6-13(14)16(23)19-20)10-15(22)18-8-11-2-4-12(17)5-3-11/h2-5H,6-10H2,1H3,(H,18,22)(H,19,23). The highest BCUT2D eigenvalue weighted by Crippen LogP contribution is 2.14. The number of hydrogen-bond donors (Lipinski definition) is 2. The van der Waals surface area contributed by atoms with E-state index in [1.165, 1.54) is 12.1 Å². The molecule has 1 aliphatic rings. The van der Waals surface area contributed by atoms with Crippen LogP contribution >= 0.6 is 0 Å². The van der Waals surface area contributed by atoms with Gasteiger partial charge in [-0.2, -0.15) is 0 Å². The fourth-order valence-electron chi connectivity index (χ4n) is 2.84. The molecule has 7 heteroatoms. The molecule has 0 atom stereocenters. The second-order valence-corrected chi connectivity index (χ2v) is 5.79. The second kappa shape index (κ2) is 6.37.